The molecule has 435 valence electrons. The first-order valence-electron chi connectivity index (χ1n) is 23.0. The average Bonchev–Trinajstić information content (AvgIpc) is 3.04. The van der Waals surface area contributed by atoms with Gasteiger partial charge >= 0.3 is 135 Å². The van der Waals surface area contributed by atoms with Crippen molar-refractivity contribution in [1.82, 2.24) is 39.9 Å². The summed E-state index contributed by atoms with van der Waals surface area (Å²) in [5.74, 6) is -9.05. The van der Waals surface area contributed by atoms with Gasteiger partial charge in [-0.15, -0.1) is 0 Å². The zero-order chi connectivity index (χ0) is 58.2. The van der Waals surface area contributed by atoms with E-state index in [1.54, 1.807) is 0 Å². The van der Waals surface area contributed by atoms with Crippen LogP contribution < -0.4 is 128 Å². The van der Waals surface area contributed by atoms with Gasteiger partial charge in [0.05, 0.1) is 106 Å². The predicted molar refractivity (Wildman–Crippen MR) is 279 cm³/mol. The van der Waals surface area contributed by atoms with E-state index in [-0.39, 0.29) is 208 Å². The molecule has 41 heteroatoms. The maximum atomic E-state index is 14.2. The number of rotatable bonds is 20. The fraction of sp³-hybridized carbons (Fsp3) is 0.273. The summed E-state index contributed by atoms with van der Waals surface area (Å²) in [6, 6.07) is 14.3. The Balaban J connectivity index is 0.00000310. The molecule has 0 unspecified atom stereocenters. The number of hydrogen-bond acceptors (Lipinski definition) is 26. The van der Waals surface area contributed by atoms with Crippen LogP contribution in [0.15, 0.2) is 92.4 Å². The Bertz CT molecular complexity index is 4950. The van der Waals surface area contributed by atoms with E-state index in [1.165, 1.54) is 36.4 Å². The molecule has 28 nitrogen and oxygen atoms in total. The van der Waals surface area contributed by atoms with Crippen molar-refractivity contribution in [2.24, 2.45) is 0 Å². The molecule has 3 aromatic heterocycles. The van der Waals surface area contributed by atoms with E-state index in [0.717, 1.165) is 36.4 Å². The van der Waals surface area contributed by atoms with Crippen molar-refractivity contribution < 1.29 is 221 Å². The molecule has 0 saturated heterocycles. The molecule has 0 amide bonds. The van der Waals surface area contributed by atoms with Crippen molar-refractivity contribution in [3.05, 3.63) is 72.8 Å². The van der Waals surface area contributed by atoms with Crippen molar-refractivity contribution in [3.8, 4) is 45.6 Å². The third-order valence-corrected chi connectivity index (χ3v) is 22.7. The van der Waals surface area contributed by atoms with Crippen LogP contribution in [0.4, 0.5) is 0 Å². The van der Waals surface area contributed by atoms with Crippen molar-refractivity contribution in [1.29, 1.82) is 0 Å². The number of hydrogen-bond donors (Lipinski definition) is 0. The van der Waals surface area contributed by atoms with Gasteiger partial charge in [0.2, 0.25) is 0 Å². The Morgan fingerprint density at radius 1 is 0.341 bits per heavy atom. The Labute approximate surface area is 586 Å². The SMILES string of the molecule is O=S(=O)([O-])CCCS(=O)(=O)c1ccc2c(c1)-c1nc-2nc2[n-]c(nc3nc(nc4[n-]c(n1)c1cccc(S(=O)(=O)CCCS(=O)(=O)[O-])c41)-c1cccc(S(=O)(=O)CCCS(=O)(=O)[O-])c1-3)c1ccc(S(=O)(=O)CCCS(=O)(=O)[O-])cc21.[Cu+2].[Na+].[Na+].[Na+].[Na+]. The fourth-order valence-electron chi connectivity index (χ4n) is 8.72. The summed E-state index contributed by atoms with van der Waals surface area (Å²) in [5.41, 5.74) is -1.96. The molecular weight excluding hydrogens is 1370 g/mol. The van der Waals surface area contributed by atoms with Crippen LogP contribution in [0.1, 0.15) is 25.7 Å². The van der Waals surface area contributed by atoms with E-state index >= 15 is 0 Å². The van der Waals surface area contributed by atoms with Crippen molar-refractivity contribution in [2.45, 2.75) is 45.3 Å². The molecule has 2 aliphatic rings. The maximum absolute atomic E-state index is 14.2. The minimum absolute atomic E-state index is 0. The summed E-state index contributed by atoms with van der Waals surface area (Å²) < 4.78 is 249. The van der Waals surface area contributed by atoms with E-state index in [1.807, 2.05) is 0 Å². The van der Waals surface area contributed by atoms with Gasteiger partial charge in [0.25, 0.3) is 0 Å². The minimum Gasteiger partial charge on any atom is -0.748 e. The molecule has 85 heavy (non-hydrogen) atoms. The second-order valence-electron chi connectivity index (χ2n) is 18.0. The van der Waals surface area contributed by atoms with Crippen LogP contribution in [0.25, 0.3) is 89.7 Å². The average molecular weight is 1410 g/mol. The van der Waals surface area contributed by atoms with E-state index in [4.69, 9.17) is 0 Å². The van der Waals surface area contributed by atoms with E-state index < -0.39 is 188 Å². The Morgan fingerprint density at radius 3 is 1.27 bits per heavy atom. The molecule has 4 aromatic carbocycles. The normalized spacial score (nSPS) is 12.8. The Kier molecular flexibility index (Phi) is 25.3. The molecule has 8 bridgehead atoms. The summed E-state index contributed by atoms with van der Waals surface area (Å²) >= 11 is 0. The molecule has 2 aliphatic heterocycles. The summed E-state index contributed by atoms with van der Waals surface area (Å²) in [6.45, 7) is 0. The van der Waals surface area contributed by atoms with E-state index in [2.05, 4.69) is 39.9 Å². The van der Waals surface area contributed by atoms with Gasteiger partial charge in [-0.2, -0.15) is 0 Å². The largest absolute Gasteiger partial charge is 2.00 e. The molecule has 5 heterocycles. The second-order valence-corrected chi connectivity index (χ2v) is 32.5. The smallest absolute Gasteiger partial charge is 0.748 e. The fourth-order valence-corrected chi connectivity index (χ4v) is 17.2. The topological polar surface area (TPSA) is 471 Å². The summed E-state index contributed by atoms with van der Waals surface area (Å²) in [5, 5.41) is -0.445. The molecule has 0 saturated carbocycles. The number of fused-ring (bicyclic) bond motifs is 20. The molecule has 9 rings (SSSR count). The third kappa shape index (κ3) is 17.8. The zero-order valence-electron chi connectivity index (χ0n) is 44.7. The Morgan fingerprint density at radius 2 is 0.729 bits per heavy atom. The first-order chi connectivity index (χ1) is 37.1. The van der Waals surface area contributed by atoms with Gasteiger partial charge in [-0.1, -0.05) is 36.4 Å². The molecule has 1 radical (unpaired) electrons. The number of benzene rings is 4. The van der Waals surface area contributed by atoms with Gasteiger partial charge in [0.15, 0.2) is 39.3 Å². The molecule has 0 aliphatic carbocycles. The predicted octanol–water partition coefficient (Wildman–Crippen LogP) is -11.0. The molecule has 0 spiro atoms. The number of nitrogens with zero attached hydrogens (tertiary/aromatic N) is 8. The maximum Gasteiger partial charge on any atom is 2.00 e. The first kappa shape index (κ1) is 75.7. The van der Waals surface area contributed by atoms with Crippen molar-refractivity contribution in [2.75, 3.05) is 46.0 Å². The van der Waals surface area contributed by atoms with Crippen LogP contribution in [0, 0.1) is 0 Å². The summed E-state index contributed by atoms with van der Waals surface area (Å²) in [6.07, 6.45) is -2.47. The van der Waals surface area contributed by atoms with Crippen LogP contribution in [-0.4, -0.2) is 161 Å². The van der Waals surface area contributed by atoms with Gasteiger partial charge < -0.3 is 48.1 Å². The molecule has 0 atom stereocenters. The van der Waals surface area contributed by atoms with Crippen LogP contribution in [-0.2, 0) is 96.9 Å². The second kappa shape index (κ2) is 28.4. The van der Waals surface area contributed by atoms with Crippen LogP contribution in [0.2, 0.25) is 0 Å². The first-order valence-corrected chi connectivity index (χ1v) is 35.9. The van der Waals surface area contributed by atoms with E-state index in [9.17, 15) is 85.6 Å². The van der Waals surface area contributed by atoms with Gasteiger partial charge in [0, 0.05) is 73.2 Å². The van der Waals surface area contributed by atoms with Crippen LogP contribution in [0.3, 0.4) is 0 Å². The van der Waals surface area contributed by atoms with Gasteiger partial charge in [0.1, 0.15) is 0 Å². The molecule has 7 aromatic rings. The van der Waals surface area contributed by atoms with Crippen molar-refractivity contribution >= 4 is 124 Å². The standard InChI is InChI=1S/C44H40N8O20S8.Cu.4Na/c53-73(54,15-3-19-77(61,62)63)25-11-13-27-31(23-25)42-46-37(27)45-41-32-24-26(74(55,56)16-4-20-78(64,65)66)12-14-28(32)38(47-41)49-43-36-30(8-2-10-34(36)76(59,60)18-6-22-80(70,71)72)40(51-43)52-44-35-29(39(48-42)50-44)7-1-9-33(35)75(57,58)17-5-21-79(67,68)69;;;;;/h1-2,7-14,23-24H,3-6,15-22H2,(H4-2,45,46,47,48,49,50,51,52,61,62,63,64,65,66,67,68,69,70,71,72);;;;;/q-2;+2;4*+1/p-4. The van der Waals surface area contributed by atoms with Gasteiger partial charge in [-0.3, -0.25) is 0 Å². The van der Waals surface area contributed by atoms with Crippen molar-refractivity contribution in [3.63, 3.8) is 0 Å². The zero-order valence-corrected chi connectivity index (χ0v) is 60.2. The molecule has 0 N–H and O–H groups in total. The van der Waals surface area contributed by atoms with Crippen LogP contribution >= 0.6 is 0 Å². The van der Waals surface area contributed by atoms with E-state index in [0.29, 0.717) is 0 Å². The number of aromatic nitrogens is 8. The Hall–Kier alpha value is -1.80. The number of sulfone groups is 4. The molecular formula is C44H36CuN8Na4O20S8. The monoisotopic (exact) mass is 1410 g/mol. The van der Waals surface area contributed by atoms with Gasteiger partial charge in [-0.05, 0) is 78.2 Å². The van der Waals surface area contributed by atoms with Crippen LogP contribution in [0.5, 0.6) is 0 Å². The third-order valence-electron chi connectivity index (χ3n) is 12.2. The summed E-state index contributed by atoms with van der Waals surface area (Å²) in [7, 11) is -37.3. The quantitative estimate of drug-likeness (QED) is 0.0505. The minimum atomic E-state index is -4.88. The van der Waals surface area contributed by atoms with Gasteiger partial charge in [-0.25, -0.2) is 77.3 Å². The summed E-state index contributed by atoms with van der Waals surface area (Å²) in [4.78, 5) is 35.0. The molecule has 0 fully saturated rings.